The van der Waals surface area contributed by atoms with Gasteiger partial charge in [-0.05, 0) is 68.1 Å². The quantitative estimate of drug-likeness (QED) is 0.229. The molecule has 1 saturated heterocycles. The van der Waals surface area contributed by atoms with Gasteiger partial charge in [-0.3, -0.25) is 0 Å². The zero-order valence-corrected chi connectivity index (χ0v) is 22.4. The molecule has 0 aliphatic carbocycles. The minimum atomic E-state index is -0.218. The van der Waals surface area contributed by atoms with E-state index in [1.54, 1.807) is 0 Å². The zero-order chi connectivity index (χ0) is 25.3. The van der Waals surface area contributed by atoms with Crippen LogP contribution in [-0.2, 0) is 5.41 Å². The molecule has 0 unspecified atom stereocenters. The topological polar surface area (TPSA) is 64.5 Å². The second-order valence-electron chi connectivity index (χ2n) is 10.4. The van der Waals surface area contributed by atoms with Crippen LogP contribution in [0.25, 0.3) is 22.6 Å². The maximum Gasteiger partial charge on any atom is 0.283 e. The van der Waals surface area contributed by atoms with E-state index in [9.17, 15) is 0 Å². The molecule has 1 aliphatic heterocycles. The van der Waals surface area contributed by atoms with Crippen LogP contribution in [0.15, 0.2) is 51.3 Å². The third-order valence-corrected chi connectivity index (χ3v) is 7.42. The standard InChI is InChI=1S/C28H31Cl2N3O3/c1-28(2,3)27-32-31-26(36-27)25-17-20-23(6-4-7-24(20)35-25)34-15-5-12-33-13-10-18(11-14-33)19-8-9-21(29)22(30)16-19/h4,6-9,16-18H,5,10-15H2,1-3H3. The van der Waals surface area contributed by atoms with Crippen LogP contribution in [0.3, 0.4) is 0 Å². The van der Waals surface area contributed by atoms with Crippen LogP contribution < -0.4 is 4.74 Å². The van der Waals surface area contributed by atoms with Gasteiger partial charge in [0.25, 0.3) is 5.89 Å². The first-order valence-electron chi connectivity index (χ1n) is 12.4. The molecule has 5 rings (SSSR count). The molecule has 190 valence electrons. The molecule has 0 N–H and O–H groups in total. The van der Waals surface area contributed by atoms with Crippen molar-refractivity contribution in [1.82, 2.24) is 15.1 Å². The smallest absolute Gasteiger partial charge is 0.283 e. The van der Waals surface area contributed by atoms with E-state index >= 15 is 0 Å². The molecule has 2 aromatic heterocycles. The minimum absolute atomic E-state index is 0.218. The Morgan fingerprint density at radius 2 is 1.81 bits per heavy atom. The van der Waals surface area contributed by atoms with Gasteiger partial charge in [0.05, 0.1) is 22.0 Å². The van der Waals surface area contributed by atoms with Crippen LogP contribution in [0.5, 0.6) is 5.75 Å². The largest absolute Gasteiger partial charge is 0.493 e. The number of fused-ring (bicyclic) bond motifs is 1. The average Bonchev–Trinajstić information content (AvgIpc) is 3.52. The van der Waals surface area contributed by atoms with Crippen molar-refractivity contribution in [3.05, 3.63) is 64.0 Å². The average molecular weight is 528 g/mol. The van der Waals surface area contributed by atoms with Crippen LogP contribution >= 0.6 is 23.2 Å². The number of aromatic nitrogens is 2. The Morgan fingerprint density at radius 1 is 1.00 bits per heavy atom. The fourth-order valence-corrected chi connectivity index (χ4v) is 4.92. The van der Waals surface area contributed by atoms with Gasteiger partial charge in [0.1, 0.15) is 11.3 Å². The van der Waals surface area contributed by atoms with Crippen LogP contribution in [0.2, 0.25) is 10.0 Å². The van der Waals surface area contributed by atoms with Crippen LogP contribution in [-0.4, -0.2) is 41.3 Å². The number of benzene rings is 2. The van der Waals surface area contributed by atoms with Crippen molar-refractivity contribution < 1.29 is 13.6 Å². The van der Waals surface area contributed by atoms with E-state index in [1.807, 2.05) is 57.2 Å². The number of rotatable bonds is 7. The van der Waals surface area contributed by atoms with E-state index in [1.165, 1.54) is 5.56 Å². The van der Waals surface area contributed by atoms with Crippen LogP contribution in [0.1, 0.15) is 57.4 Å². The van der Waals surface area contributed by atoms with E-state index in [-0.39, 0.29) is 5.41 Å². The first kappa shape index (κ1) is 25.1. The van der Waals surface area contributed by atoms with E-state index < -0.39 is 0 Å². The lowest BCUT2D eigenvalue weighted by Crippen LogP contribution is -2.34. The van der Waals surface area contributed by atoms with E-state index in [2.05, 4.69) is 21.2 Å². The number of likely N-dealkylation sites (tertiary alicyclic amines) is 1. The molecular formula is C28H31Cl2N3O3. The lowest BCUT2D eigenvalue weighted by atomic mass is 9.89. The first-order chi connectivity index (χ1) is 17.3. The van der Waals surface area contributed by atoms with Gasteiger partial charge < -0.3 is 18.5 Å². The highest BCUT2D eigenvalue weighted by Gasteiger charge is 2.24. The normalized spacial score (nSPS) is 15.6. The summed E-state index contributed by atoms with van der Waals surface area (Å²) in [5.74, 6) is 2.85. The van der Waals surface area contributed by atoms with Gasteiger partial charge in [0.2, 0.25) is 5.89 Å². The molecule has 0 bridgehead atoms. The van der Waals surface area contributed by atoms with Crippen molar-refractivity contribution >= 4 is 34.2 Å². The molecule has 2 aromatic carbocycles. The van der Waals surface area contributed by atoms with E-state index in [0.717, 1.165) is 55.6 Å². The van der Waals surface area contributed by atoms with Gasteiger partial charge in [0, 0.05) is 18.0 Å². The number of piperidine rings is 1. The number of halogens is 2. The Balaban J connectivity index is 1.14. The summed E-state index contributed by atoms with van der Waals surface area (Å²) < 4.78 is 18.0. The van der Waals surface area contributed by atoms with Gasteiger partial charge in [-0.2, -0.15) is 0 Å². The number of furan rings is 1. The predicted octanol–water partition coefficient (Wildman–Crippen LogP) is 7.74. The highest BCUT2D eigenvalue weighted by Crippen LogP contribution is 2.35. The minimum Gasteiger partial charge on any atom is -0.493 e. The Bertz CT molecular complexity index is 1330. The Labute approximate surface area is 221 Å². The highest BCUT2D eigenvalue weighted by atomic mass is 35.5. The van der Waals surface area contributed by atoms with E-state index in [4.69, 9.17) is 36.8 Å². The third kappa shape index (κ3) is 5.56. The molecule has 0 saturated carbocycles. The molecule has 1 aliphatic rings. The molecule has 1 fully saturated rings. The highest BCUT2D eigenvalue weighted by molar-refractivity contribution is 6.42. The van der Waals surface area contributed by atoms with Crippen LogP contribution in [0, 0.1) is 0 Å². The van der Waals surface area contributed by atoms with Crippen molar-refractivity contribution in [2.24, 2.45) is 0 Å². The lowest BCUT2D eigenvalue weighted by molar-refractivity contribution is 0.193. The molecule has 0 radical (unpaired) electrons. The second kappa shape index (κ2) is 10.4. The number of ether oxygens (including phenoxy) is 1. The summed E-state index contributed by atoms with van der Waals surface area (Å²) in [6.45, 7) is 9.91. The van der Waals surface area contributed by atoms with Crippen molar-refractivity contribution in [3.8, 4) is 17.4 Å². The fourth-order valence-electron chi connectivity index (χ4n) is 4.62. The molecule has 8 heteroatoms. The van der Waals surface area contributed by atoms with Gasteiger partial charge in [-0.25, -0.2) is 0 Å². The SMILES string of the molecule is CC(C)(C)c1nnc(-c2cc3c(OCCCN4CCC(c5ccc(Cl)c(Cl)c5)CC4)cccc3o2)o1. The van der Waals surface area contributed by atoms with Crippen LogP contribution in [0.4, 0.5) is 0 Å². The van der Waals surface area contributed by atoms with Gasteiger partial charge in [-0.15, -0.1) is 10.2 Å². The predicted molar refractivity (Wildman–Crippen MR) is 143 cm³/mol. The third-order valence-electron chi connectivity index (χ3n) is 6.68. The van der Waals surface area contributed by atoms with Gasteiger partial charge in [0.15, 0.2) is 5.76 Å². The molecule has 36 heavy (non-hydrogen) atoms. The summed E-state index contributed by atoms with van der Waals surface area (Å²) in [5, 5.41) is 10.5. The number of hydrogen-bond donors (Lipinski definition) is 0. The van der Waals surface area contributed by atoms with Gasteiger partial charge >= 0.3 is 0 Å². The maximum absolute atomic E-state index is 6.21. The number of nitrogens with zero attached hydrogens (tertiary/aromatic N) is 3. The monoisotopic (exact) mass is 527 g/mol. The second-order valence-corrected chi connectivity index (χ2v) is 11.2. The van der Waals surface area contributed by atoms with Crippen molar-refractivity contribution in [1.29, 1.82) is 0 Å². The molecular weight excluding hydrogens is 497 g/mol. The fraction of sp³-hybridized carbons (Fsp3) is 0.429. The summed E-state index contributed by atoms with van der Waals surface area (Å²) in [6.07, 6.45) is 3.21. The van der Waals surface area contributed by atoms with E-state index in [0.29, 0.717) is 40.1 Å². The zero-order valence-electron chi connectivity index (χ0n) is 20.9. The number of hydrogen-bond acceptors (Lipinski definition) is 6. The van der Waals surface area contributed by atoms with Gasteiger partial charge in [-0.1, -0.05) is 56.1 Å². The molecule has 3 heterocycles. The molecule has 0 atom stereocenters. The molecule has 0 amide bonds. The molecule has 4 aromatic rings. The lowest BCUT2D eigenvalue weighted by Gasteiger charge is -2.32. The summed E-state index contributed by atoms with van der Waals surface area (Å²) in [7, 11) is 0. The van der Waals surface area contributed by atoms with Crippen molar-refractivity contribution in [2.75, 3.05) is 26.2 Å². The van der Waals surface area contributed by atoms with Crippen molar-refractivity contribution in [3.63, 3.8) is 0 Å². The summed E-state index contributed by atoms with van der Waals surface area (Å²) in [5.41, 5.74) is 1.81. The summed E-state index contributed by atoms with van der Waals surface area (Å²) in [4.78, 5) is 2.51. The summed E-state index contributed by atoms with van der Waals surface area (Å²) >= 11 is 12.3. The Hall–Kier alpha value is -2.54. The summed E-state index contributed by atoms with van der Waals surface area (Å²) in [6, 6.07) is 13.8. The Kier molecular flexibility index (Phi) is 7.29. The molecule has 6 nitrogen and oxygen atoms in total. The maximum atomic E-state index is 6.21. The first-order valence-corrected chi connectivity index (χ1v) is 13.2. The Morgan fingerprint density at radius 3 is 2.53 bits per heavy atom. The van der Waals surface area contributed by atoms with Crippen molar-refractivity contribution in [2.45, 2.75) is 51.4 Å². The molecule has 0 spiro atoms.